The van der Waals surface area contributed by atoms with Crippen molar-refractivity contribution >= 4 is 35.6 Å². The van der Waals surface area contributed by atoms with E-state index in [2.05, 4.69) is 53.3 Å². The van der Waals surface area contributed by atoms with E-state index in [4.69, 9.17) is 5.73 Å². The van der Waals surface area contributed by atoms with Crippen LogP contribution >= 0.6 is 24.0 Å². The number of guanidine groups is 1. The minimum Gasteiger partial charge on any atom is -0.378 e. The molecule has 0 radical (unpaired) electrons. The van der Waals surface area contributed by atoms with Gasteiger partial charge in [-0.2, -0.15) is 0 Å². The Bertz CT molecular complexity index is 399. The van der Waals surface area contributed by atoms with Crippen LogP contribution in [0.15, 0.2) is 29.3 Å². The zero-order chi connectivity index (χ0) is 14.3. The molecule has 1 aromatic carbocycles. The lowest BCUT2D eigenvalue weighted by Gasteiger charge is -2.12. The van der Waals surface area contributed by atoms with Gasteiger partial charge in [0.25, 0.3) is 0 Å². The Morgan fingerprint density at radius 2 is 1.85 bits per heavy atom. The zero-order valence-corrected chi connectivity index (χ0v) is 15.2. The zero-order valence-electron chi connectivity index (χ0n) is 12.9. The monoisotopic (exact) mass is 390 g/mol. The predicted molar refractivity (Wildman–Crippen MR) is 99.0 cm³/mol. The molecule has 114 valence electrons. The van der Waals surface area contributed by atoms with Crippen LogP contribution in [0.4, 0.5) is 5.69 Å². The molecular formula is C15H27IN4. The van der Waals surface area contributed by atoms with Crippen molar-refractivity contribution in [2.24, 2.45) is 16.6 Å². The Labute approximate surface area is 139 Å². The van der Waals surface area contributed by atoms with Gasteiger partial charge in [0.2, 0.25) is 0 Å². The Kier molecular flexibility index (Phi) is 9.37. The summed E-state index contributed by atoms with van der Waals surface area (Å²) in [5.41, 5.74) is 8.17. The van der Waals surface area contributed by atoms with Gasteiger partial charge in [-0.15, -0.1) is 24.0 Å². The van der Waals surface area contributed by atoms with Crippen molar-refractivity contribution in [1.29, 1.82) is 0 Å². The van der Waals surface area contributed by atoms with Crippen molar-refractivity contribution in [2.75, 3.05) is 25.5 Å². The Morgan fingerprint density at radius 3 is 2.35 bits per heavy atom. The second-order valence-electron chi connectivity index (χ2n) is 5.37. The molecule has 3 N–H and O–H groups in total. The Morgan fingerprint density at radius 1 is 1.25 bits per heavy atom. The van der Waals surface area contributed by atoms with Gasteiger partial charge in [0.1, 0.15) is 0 Å². The van der Waals surface area contributed by atoms with E-state index >= 15 is 0 Å². The summed E-state index contributed by atoms with van der Waals surface area (Å²) in [4.78, 5) is 6.41. The number of anilines is 1. The van der Waals surface area contributed by atoms with Crippen LogP contribution in [0.1, 0.15) is 25.8 Å². The van der Waals surface area contributed by atoms with E-state index < -0.39 is 0 Å². The summed E-state index contributed by atoms with van der Waals surface area (Å²) in [5, 5.41) is 3.13. The standard InChI is InChI=1S/C15H26N4.HI/c1-12(2)9-10-17-15(16)18-11-13-5-7-14(8-6-13)19(3)4;/h5-8,12H,9-11H2,1-4H3,(H3,16,17,18);1H. The number of nitrogens with zero attached hydrogens (tertiary/aromatic N) is 2. The average Bonchev–Trinajstić information content (AvgIpc) is 2.36. The van der Waals surface area contributed by atoms with Crippen LogP contribution in [0.3, 0.4) is 0 Å². The van der Waals surface area contributed by atoms with Crippen LogP contribution in [-0.4, -0.2) is 26.6 Å². The fraction of sp³-hybridized carbons (Fsp3) is 0.533. The number of nitrogens with one attached hydrogen (secondary N) is 1. The van der Waals surface area contributed by atoms with Crippen molar-refractivity contribution in [3.8, 4) is 0 Å². The second kappa shape index (κ2) is 9.85. The molecule has 0 aromatic heterocycles. The molecule has 0 heterocycles. The van der Waals surface area contributed by atoms with Gasteiger partial charge >= 0.3 is 0 Å². The van der Waals surface area contributed by atoms with Gasteiger partial charge in [0.15, 0.2) is 5.96 Å². The van der Waals surface area contributed by atoms with Gasteiger partial charge in [-0.05, 0) is 30.0 Å². The molecule has 0 amide bonds. The number of halogens is 1. The molecule has 0 unspecified atom stereocenters. The first kappa shape index (κ1) is 19.0. The SMILES string of the molecule is CC(C)CCNC(N)=NCc1ccc(N(C)C)cc1.I. The van der Waals surface area contributed by atoms with Gasteiger partial charge in [-0.3, -0.25) is 0 Å². The number of hydrogen-bond donors (Lipinski definition) is 2. The summed E-state index contributed by atoms with van der Waals surface area (Å²) in [5.74, 6) is 1.20. The Balaban J connectivity index is 0.00000361. The maximum atomic E-state index is 5.82. The van der Waals surface area contributed by atoms with Gasteiger partial charge in [-0.25, -0.2) is 4.99 Å². The average molecular weight is 390 g/mol. The smallest absolute Gasteiger partial charge is 0.188 e. The van der Waals surface area contributed by atoms with E-state index in [1.807, 2.05) is 14.1 Å². The summed E-state index contributed by atoms with van der Waals surface area (Å²) in [6, 6.07) is 8.35. The molecule has 0 aliphatic carbocycles. The minimum absolute atomic E-state index is 0. The molecule has 20 heavy (non-hydrogen) atoms. The molecule has 0 aliphatic heterocycles. The number of nitrogens with two attached hydrogens (primary N) is 1. The molecular weight excluding hydrogens is 363 g/mol. The lowest BCUT2D eigenvalue weighted by Crippen LogP contribution is -2.32. The molecule has 5 heteroatoms. The Hall–Kier alpha value is -0.980. The van der Waals surface area contributed by atoms with Gasteiger partial charge in [0.05, 0.1) is 6.54 Å². The molecule has 0 aliphatic rings. The highest BCUT2D eigenvalue weighted by atomic mass is 127. The number of benzene rings is 1. The van der Waals surface area contributed by atoms with Crippen LogP contribution < -0.4 is 16.0 Å². The largest absolute Gasteiger partial charge is 0.378 e. The van der Waals surface area contributed by atoms with E-state index in [1.54, 1.807) is 0 Å². The molecule has 1 rings (SSSR count). The molecule has 0 bridgehead atoms. The topological polar surface area (TPSA) is 53.6 Å². The normalized spacial score (nSPS) is 11.2. The van der Waals surface area contributed by atoms with Gasteiger partial charge < -0.3 is 16.0 Å². The maximum absolute atomic E-state index is 5.82. The second-order valence-corrected chi connectivity index (χ2v) is 5.37. The van der Waals surface area contributed by atoms with Crippen molar-refractivity contribution in [3.05, 3.63) is 29.8 Å². The fourth-order valence-corrected chi connectivity index (χ4v) is 1.62. The fourth-order valence-electron chi connectivity index (χ4n) is 1.62. The minimum atomic E-state index is 0. The molecule has 0 saturated heterocycles. The van der Waals surface area contributed by atoms with Crippen LogP contribution in [0, 0.1) is 5.92 Å². The quantitative estimate of drug-likeness (QED) is 0.446. The summed E-state index contributed by atoms with van der Waals surface area (Å²) in [7, 11) is 4.06. The molecule has 1 aromatic rings. The number of rotatable bonds is 6. The summed E-state index contributed by atoms with van der Waals surface area (Å²) in [6.45, 7) is 5.89. The molecule has 0 fully saturated rings. The highest BCUT2D eigenvalue weighted by molar-refractivity contribution is 14.0. The molecule has 4 nitrogen and oxygen atoms in total. The summed E-state index contributed by atoms with van der Waals surface area (Å²) in [6.07, 6.45) is 1.10. The molecule has 0 spiro atoms. The lowest BCUT2D eigenvalue weighted by atomic mass is 10.1. The van der Waals surface area contributed by atoms with Gasteiger partial charge in [-0.1, -0.05) is 26.0 Å². The molecule has 0 atom stereocenters. The predicted octanol–water partition coefficient (Wildman–Crippen LogP) is 2.82. The third-order valence-corrected chi connectivity index (χ3v) is 2.91. The van der Waals surface area contributed by atoms with E-state index in [0.29, 0.717) is 18.4 Å². The van der Waals surface area contributed by atoms with Crippen LogP contribution in [0.5, 0.6) is 0 Å². The highest BCUT2D eigenvalue weighted by Gasteiger charge is 1.97. The van der Waals surface area contributed by atoms with Gasteiger partial charge in [0, 0.05) is 26.3 Å². The van der Waals surface area contributed by atoms with E-state index in [1.165, 1.54) is 11.3 Å². The van der Waals surface area contributed by atoms with Crippen molar-refractivity contribution < 1.29 is 0 Å². The van der Waals surface area contributed by atoms with E-state index in [9.17, 15) is 0 Å². The van der Waals surface area contributed by atoms with Crippen molar-refractivity contribution in [1.82, 2.24) is 5.32 Å². The van der Waals surface area contributed by atoms with Crippen molar-refractivity contribution in [2.45, 2.75) is 26.8 Å². The first-order valence-electron chi connectivity index (χ1n) is 6.79. The summed E-state index contributed by atoms with van der Waals surface area (Å²) < 4.78 is 0. The van der Waals surface area contributed by atoms with Crippen LogP contribution in [-0.2, 0) is 6.54 Å². The first-order chi connectivity index (χ1) is 8.99. The molecule has 0 saturated carbocycles. The highest BCUT2D eigenvalue weighted by Crippen LogP contribution is 2.12. The lowest BCUT2D eigenvalue weighted by molar-refractivity contribution is 0.576. The van der Waals surface area contributed by atoms with E-state index in [0.717, 1.165) is 13.0 Å². The summed E-state index contributed by atoms with van der Waals surface area (Å²) >= 11 is 0. The third-order valence-electron chi connectivity index (χ3n) is 2.91. The van der Waals surface area contributed by atoms with E-state index in [-0.39, 0.29) is 24.0 Å². The third kappa shape index (κ3) is 7.57. The van der Waals surface area contributed by atoms with Crippen molar-refractivity contribution in [3.63, 3.8) is 0 Å². The maximum Gasteiger partial charge on any atom is 0.188 e. The van der Waals surface area contributed by atoms with Crippen LogP contribution in [0.25, 0.3) is 0 Å². The number of aliphatic imine (C=N–C) groups is 1. The first-order valence-corrected chi connectivity index (χ1v) is 6.79. The van der Waals surface area contributed by atoms with Crippen LogP contribution in [0.2, 0.25) is 0 Å². The number of hydrogen-bond acceptors (Lipinski definition) is 2.